The van der Waals surface area contributed by atoms with Crippen LogP contribution in [0, 0.1) is 0 Å². The molecular formula is C57H35NS3. The maximum absolute atomic E-state index is 2.52. The summed E-state index contributed by atoms with van der Waals surface area (Å²) in [6.45, 7) is 4.86. The Kier molecular flexibility index (Phi) is 6.88. The van der Waals surface area contributed by atoms with Gasteiger partial charge in [0.15, 0.2) is 0 Å². The number of hydrogen-bond acceptors (Lipinski definition) is 3. The molecule has 0 bridgehead atoms. The van der Waals surface area contributed by atoms with Crippen molar-refractivity contribution in [3.8, 4) is 39.1 Å². The van der Waals surface area contributed by atoms with E-state index in [-0.39, 0.29) is 5.41 Å². The molecule has 0 spiro atoms. The molecule has 1 nitrogen and oxygen atoms in total. The highest BCUT2D eigenvalue weighted by molar-refractivity contribution is 7.26. The largest absolute Gasteiger partial charge is 0.309 e. The van der Waals surface area contributed by atoms with Crippen molar-refractivity contribution in [2.24, 2.45) is 0 Å². The van der Waals surface area contributed by atoms with E-state index in [1.54, 1.807) is 0 Å². The van der Waals surface area contributed by atoms with Crippen LogP contribution in [0.1, 0.15) is 25.0 Å². The molecule has 61 heavy (non-hydrogen) atoms. The minimum absolute atomic E-state index is 0.170. The van der Waals surface area contributed by atoms with Crippen LogP contribution in [0.4, 0.5) is 0 Å². The highest BCUT2D eigenvalue weighted by atomic mass is 32.1. The Bertz CT molecular complexity index is 4030. The number of nitrogens with zero attached hydrogens (tertiary/aromatic N) is 1. The van der Waals surface area contributed by atoms with Gasteiger partial charge < -0.3 is 4.57 Å². The minimum atomic E-state index is -0.170. The number of rotatable bonds is 3. The van der Waals surface area contributed by atoms with Gasteiger partial charge in [0.05, 0.1) is 11.0 Å². The van der Waals surface area contributed by atoms with Gasteiger partial charge in [0.1, 0.15) is 0 Å². The lowest BCUT2D eigenvalue weighted by molar-refractivity contribution is 0.666. The smallest absolute Gasteiger partial charge is 0.0541 e. The Morgan fingerprint density at radius 1 is 0.377 bits per heavy atom. The van der Waals surface area contributed by atoms with E-state index >= 15 is 0 Å². The van der Waals surface area contributed by atoms with E-state index < -0.39 is 0 Å². The van der Waals surface area contributed by atoms with Crippen molar-refractivity contribution in [1.29, 1.82) is 0 Å². The molecule has 0 atom stereocenters. The first-order valence-corrected chi connectivity index (χ1v) is 23.4. The lowest BCUT2D eigenvalue weighted by Crippen LogP contribution is -2.15. The zero-order chi connectivity index (χ0) is 40.1. The number of hydrogen-bond donors (Lipinski definition) is 0. The van der Waals surface area contributed by atoms with E-state index in [2.05, 4.69) is 194 Å². The van der Waals surface area contributed by atoms with Crippen molar-refractivity contribution in [3.05, 3.63) is 187 Å². The summed E-state index contributed by atoms with van der Waals surface area (Å²) in [7, 11) is 0. The van der Waals surface area contributed by atoms with Crippen LogP contribution >= 0.6 is 34.0 Å². The Hall–Kier alpha value is -6.56. The molecule has 0 saturated carbocycles. The molecule has 4 aromatic heterocycles. The van der Waals surface area contributed by atoms with E-state index in [0.29, 0.717) is 0 Å². The molecule has 13 aromatic rings. The van der Waals surface area contributed by atoms with E-state index in [4.69, 9.17) is 0 Å². The van der Waals surface area contributed by atoms with Crippen LogP contribution in [-0.4, -0.2) is 4.57 Å². The molecule has 4 heteroatoms. The van der Waals surface area contributed by atoms with Gasteiger partial charge in [0.25, 0.3) is 0 Å². The highest BCUT2D eigenvalue weighted by Gasteiger charge is 2.38. The van der Waals surface area contributed by atoms with Crippen LogP contribution in [0.3, 0.4) is 0 Å². The number of aromatic nitrogens is 1. The molecule has 0 radical (unpaired) electrons. The van der Waals surface area contributed by atoms with Gasteiger partial charge in [0, 0.05) is 82.4 Å². The van der Waals surface area contributed by atoms with Gasteiger partial charge in [-0.2, -0.15) is 0 Å². The predicted molar refractivity (Wildman–Crippen MR) is 268 cm³/mol. The fourth-order valence-electron chi connectivity index (χ4n) is 10.8. The zero-order valence-electron chi connectivity index (χ0n) is 33.4. The van der Waals surface area contributed by atoms with E-state index in [1.165, 1.54) is 133 Å². The van der Waals surface area contributed by atoms with Crippen LogP contribution in [0.25, 0.3) is 121 Å². The van der Waals surface area contributed by atoms with Crippen LogP contribution in [0.15, 0.2) is 176 Å². The van der Waals surface area contributed by atoms with Crippen LogP contribution in [0.2, 0.25) is 0 Å². The molecule has 14 rings (SSSR count). The molecular weight excluding hydrogens is 795 g/mol. The summed E-state index contributed by atoms with van der Waals surface area (Å²) in [6.07, 6.45) is 0. The summed E-state index contributed by atoms with van der Waals surface area (Å²) < 4.78 is 10.6. The number of benzene rings is 9. The third-order valence-corrected chi connectivity index (χ3v) is 17.1. The normalized spacial score (nSPS) is 13.5. The maximum Gasteiger partial charge on any atom is 0.0541 e. The van der Waals surface area contributed by atoms with Crippen molar-refractivity contribution in [1.82, 2.24) is 4.57 Å². The minimum Gasteiger partial charge on any atom is -0.309 e. The molecule has 0 amide bonds. The summed E-state index contributed by atoms with van der Waals surface area (Å²) in [6, 6.07) is 66.6. The molecule has 4 heterocycles. The second kappa shape index (κ2) is 12.3. The van der Waals surface area contributed by atoms with Gasteiger partial charge >= 0.3 is 0 Å². The van der Waals surface area contributed by atoms with Gasteiger partial charge in [-0.05, 0) is 117 Å². The first-order valence-electron chi connectivity index (χ1n) is 21.0. The Morgan fingerprint density at radius 2 is 0.934 bits per heavy atom. The van der Waals surface area contributed by atoms with Crippen LogP contribution in [-0.2, 0) is 5.41 Å². The molecule has 9 aromatic carbocycles. The molecule has 0 N–H and O–H groups in total. The lowest BCUT2D eigenvalue weighted by atomic mass is 9.80. The lowest BCUT2D eigenvalue weighted by Gasteiger charge is -2.23. The summed E-state index contributed by atoms with van der Waals surface area (Å²) in [4.78, 5) is 0. The zero-order valence-corrected chi connectivity index (χ0v) is 35.9. The maximum atomic E-state index is 2.52. The van der Waals surface area contributed by atoms with Gasteiger partial charge in [-0.15, -0.1) is 34.0 Å². The average molecular weight is 830 g/mol. The Balaban J connectivity index is 0.996. The fourth-order valence-corrected chi connectivity index (χ4v) is 14.2. The third-order valence-electron chi connectivity index (χ3n) is 13.6. The summed E-state index contributed by atoms with van der Waals surface area (Å²) in [5.41, 5.74) is 14.0. The molecule has 1 aliphatic carbocycles. The fraction of sp³-hybridized carbons (Fsp3) is 0.0526. The molecule has 0 saturated heterocycles. The standard InChI is InChI=1S/C57H35NS3/c1-57(2)46-31-35(21-22-37(46)40-23-27-53-54(55(40)57)42-12-5-8-17-51(42)60-53)58-47-24-18-32(33-20-26-52-45(29-33)39-11-4-6-15-49(39)59-52)28-43(47)44-30-34(19-25-48(44)58)36-13-9-14-41-38-10-3-7-16-50(38)61-56(36)41/h3-31H,1-2H3. The SMILES string of the molecule is CC1(C)c2cc(-n3c4ccc(-c5ccc6sc7ccccc7c6c5)cc4c4cc(-c5cccc6c5sc5ccccc56)ccc43)ccc2-c2ccc3sc4ccccc4c3c21. The van der Waals surface area contributed by atoms with E-state index in [1.807, 2.05) is 34.0 Å². The van der Waals surface area contributed by atoms with Gasteiger partial charge in [-0.25, -0.2) is 0 Å². The Labute approximate surface area is 364 Å². The van der Waals surface area contributed by atoms with Crippen molar-refractivity contribution in [2.75, 3.05) is 0 Å². The molecule has 286 valence electrons. The average Bonchev–Trinajstić information content (AvgIpc) is 4.10. The molecule has 0 aliphatic heterocycles. The van der Waals surface area contributed by atoms with E-state index in [9.17, 15) is 0 Å². The number of fused-ring (bicyclic) bond motifs is 16. The molecule has 1 aliphatic rings. The van der Waals surface area contributed by atoms with Crippen LogP contribution < -0.4 is 0 Å². The summed E-state index contributed by atoms with van der Waals surface area (Å²) in [5, 5.41) is 10.6. The van der Waals surface area contributed by atoms with Crippen molar-refractivity contribution >= 4 is 116 Å². The second-order valence-corrected chi connectivity index (χ2v) is 20.4. The highest BCUT2D eigenvalue weighted by Crippen LogP contribution is 2.55. The first-order chi connectivity index (χ1) is 30.0. The van der Waals surface area contributed by atoms with E-state index in [0.717, 1.165) is 0 Å². The van der Waals surface area contributed by atoms with Crippen LogP contribution in [0.5, 0.6) is 0 Å². The van der Waals surface area contributed by atoms with Crippen molar-refractivity contribution in [2.45, 2.75) is 19.3 Å². The van der Waals surface area contributed by atoms with Gasteiger partial charge in [-0.3, -0.25) is 0 Å². The number of thiophene rings is 3. The van der Waals surface area contributed by atoms with Gasteiger partial charge in [-0.1, -0.05) is 117 Å². The molecule has 0 fully saturated rings. The molecule has 0 unspecified atom stereocenters. The third kappa shape index (κ3) is 4.70. The van der Waals surface area contributed by atoms with Crippen molar-refractivity contribution in [3.63, 3.8) is 0 Å². The van der Waals surface area contributed by atoms with Gasteiger partial charge in [0.2, 0.25) is 0 Å². The summed E-state index contributed by atoms with van der Waals surface area (Å²) >= 11 is 5.69. The topological polar surface area (TPSA) is 4.93 Å². The Morgan fingerprint density at radius 3 is 1.72 bits per heavy atom. The monoisotopic (exact) mass is 829 g/mol. The quantitative estimate of drug-likeness (QED) is 0.167. The second-order valence-electron chi connectivity index (χ2n) is 17.2. The summed E-state index contributed by atoms with van der Waals surface area (Å²) in [5.74, 6) is 0. The predicted octanol–water partition coefficient (Wildman–Crippen LogP) is 17.5. The first kappa shape index (κ1) is 34.2. The van der Waals surface area contributed by atoms with Crippen molar-refractivity contribution < 1.29 is 0 Å².